The van der Waals surface area contributed by atoms with Crippen molar-refractivity contribution < 1.29 is 9.53 Å². The lowest BCUT2D eigenvalue weighted by Crippen LogP contribution is -2.40. The van der Waals surface area contributed by atoms with Crippen molar-refractivity contribution in [2.24, 2.45) is 4.99 Å². The Morgan fingerprint density at radius 3 is 2.83 bits per heavy atom. The maximum Gasteiger partial charge on any atom is 0.258 e. The molecule has 6 heteroatoms. The van der Waals surface area contributed by atoms with Crippen molar-refractivity contribution in [1.29, 1.82) is 0 Å². The normalized spacial score (nSPS) is 14.4. The van der Waals surface area contributed by atoms with Crippen LogP contribution in [0, 0.1) is 0 Å². The molecular formula is C18H28N4O2. The van der Waals surface area contributed by atoms with E-state index in [1.807, 2.05) is 31.2 Å². The van der Waals surface area contributed by atoms with Crippen molar-refractivity contribution in [1.82, 2.24) is 16.0 Å². The number of nitrogens with one attached hydrogen (secondary N) is 3. The Balaban J connectivity index is 1.87. The van der Waals surface area contributed by atoms with Crippen molar-refractivity contribution in [3.05, 3.63) is 29.8 Å². The Labute approximate surface area is 144 Å². The molecule has 6 nitrogen and oxygen atoms in total. The van der Waals surface area contributed by atoms with Crippen LogP contribution in [0.4, 0.5) is 0 Å². The zero-order chi connectivity index (χ0) is 17.4. The number of hydrogen-bond acceptors (Lipinski definition) is 3. The first kappa shape index (κ1) is 18.1. The molecule has 1 aliphatic rings. The van der Waals surface area contributed by atoms with Crippen LogP contribution in [0.1, 0.15) is 39.2 Å². The van der Waals surface area contributed by atoms with Crippen LogP contribution < -0.4 is 20.7 Å². The monoisotopic (exact) mass is 332 g/mol. The molecule has 0 spiro atoms. The highest BCUT2D eigenvalue weighted by Gasteiger charge is 2.23. The first-order valence-electron chi connectivity index (χ1n) is 8.62. The standard InChI is InChI=1S/C18H28N4O2/c1-4-19-18(21-13(2)3)20-11-14-6-5-7-16(10-14)24-12-17(23)22-15-8-9-15/h5-7,10,13,15H,4,8-9,11-12H2,1-3H3,(H,22,23)(H2,19,20,21). The number of carbonyl (C=O) groups excluding carboxylic acids is 1. The molecule has 1 fully saturated rings. The second-order valence-corrected chi connectivity index (χ2v) is 6.27. The number of amides is 1. The van der Waals surface area contributed by atoms with Gasteiger partial charge >= 0.3 is 0 Å². The summed E-state index contributed by atoms with van der Waals surface area (Å²) in [6.45, 7) is 7.62. The average molecular weight is 332 g/mol. The van der Waals surface area contributed by atoms with Gasteiger partial charge in [-0.25, -0.2) is 4.99 Å². The molecule has 0 saturated heterocycles. The van der Waals surface area contributed by atoms with E-state index in [4.69, 9.17) is 4.74 Å². The number of rotatable bonds is 8. The maximum atomic E-state index is 11.7. The number of nitrogens with zero attached hydrogens (tertiary/aromatic N) is 1. The molecule has 0 aromatic heterocycles. The molecule has 0 aliphatic heterocycles. The minimum Gasteiger partial charge on any atom is -0.484 e. The van der Waals surface area contributed by atoms with Crippen molar-refractivity contribution in [3.63, 3.8) is 0 Å². The average Bonchev–Trinajstić information content (AvgIpc) is 3.35. The lowest BCUT2D eigenvalue weighted by Gasteiger charge is -2.14. The molecule has 0 radical (unpaired) electrons. The zero-order valence-electron chi connectivity index (χ0n) is 14.8. The molecular weight excluding hydrogens is 304 g/mol. The van der Waals surface area contributed by atoms with E-state index in [1.54, 1.807) is 0 Å². The van der Waals surface area contributed by atoms with Gasteiger partial charge < -0.3 is 20.7 Å². The highest BCUT2D eigenvalue weighted by molar-refractivity contribution is 5.80. The van der Waals surface area contributed by atoms with Crippen LogP contribution in [0.5, 0.6) is 5.75 Å². The fourth-order valence-corrected chi connectivity index (χ4v) is 2.14. The lowest BCUT2D eigenvalue weighted by molar-refractivity contribution is -0.123. The van der Waals surface area contributed by atoms with Crippen LogP contribution in [0.25, 0.3) is 0 Å². The van der Waals surface area contributed by atoms with Crippen LogP contribution in [-0.2, 0) is 11.3 Å². The number of hydrogen-bond donors (Lipinski definition) is 3. The molecule has 2 rings (SSSR count). The van der Waals surface area contributed by atoms with Crippen LogP contribution in [0.2, 0.25) is 0 Å². The quantitative estimate of drug-likeness (QED) is 0.501. The lowest BCUT2D eigenvalue weighted by atomic mass is 10.2. The summed E-state index contributed by atoms with van der Waals surface area (Å²) in [4.78, 5) is 16.2. The highest BCUT2D eigenvalue weighted by atomic mass is 16.5. The van der Waals surface area contributed by atoms with Gasteiger partial charge in [0.05, 0.1) is 6.54 Å². The Hall–Kier alpha value is -2.24. The second-order valence-electron chi connectivity index (χ2n) is 6.27. The molecule has 1 aliphatic carbocycles. The molecule has 1 aromatic carbocycles. The van der Waals surface area contributed by atoms with Crippen molar-refractivity contribution >= 4 is 11.9 Å². The van der Waals surface area contributed by atoms with Crippen LogP contribution in [0.3, 0.4) is 0 Å². The van der Waals surface area contributed by atoms with Gasteiger partial charge in [-0.05, 0) is 51.3 Å². The smallest absolute Gasteiger partial charge is 0.258 e. The molecule has 24 heavy (non-hydrogen) atoms. The first-order valence-corrected chi connectivity index (χ1v) is 8.62. The molecule has 1 amide bonds. The Kier molecular flexibility index (Phi) is 6.90. The molecule has 1 saturated carbocycles. The number of aliphatic imine (C=N–C) groups is 1. The third-order valence-electron chi connectivity index (χ3n) is 3.40. The van der Waals surface area contributed by atoms with Gasteiger partial charge in [-0.1, -0.05) is 12.1 Å². The number of guanidine groups is 1. The van der Waals surface area contributed by atoms with Gasteiger partial charge in [0.15, 0.2) is 12.6 Å². The summed E-state index contributed by atoms with van der Waals surface area (Å²) in [6.07, 6.45) is 2.16. The van der Waals surface area contributed by atoms with E-state index in [2.05, 4.69) is 34.8 Å². The van der Waals surface area contributed by atoms with Gasteiger partial charge in [0.2, 0.25) is 0 Å². The summed E-state index contributed by atoms with van der Waals surface area (Å²) in [7, 11) is 0. The number of ether oxygens (including phenoxy) is 1. The summed E-state index contributed by atoms with van der Waals surface area (Å²) < 4.78 is 5.56. The van der Waals surface area contributed by atoms with Gasteiger partial charge in [0.1, 0.15) is 5.75 Å². The fraction of sp³-hybridized carbons (Fsp3) is 0.556. The van der Waals surface area contributed by atoms with Crippen molar-refractivity contribution in [2.45, 2.75) is 52.2 Å². The van der Waals surface area contributed by atoms with Gasteiger partial charge in [-0.2, -0.15) is 0 Å². The third kappa shape index (κ3) is 6.89. The number of carbonyl (C=O) groups is 1. The van der Waals surface area contributed by atoms with Crippen molar-refractivity contribution in [3.8, 4) is 5.75 Å². The number of benzene rings is 1. The predicted molar refractivity (Wildman–Crippen MR) is 96.2 cm³/mol. The molecule has 1 aromatic rings. The van der Waals surface area contributed by atoms with Crippen molar-refractivity contribution in [2.75, 3.05) is 13.2 Å². The third-order valence-corrected chi connectivity index (χ3v) is 3.40. The zero-order valence-corrected chi connectivity index (χ0v) is 14.8. The topological polar surface area (TPSA) is 74.8 Å². The maximum absolute atomic E-state index is 11.7. The summed E-state index contributed by atoms with van der Waals surface area (Å²) in [6, 6.07) is 8.38. The summed E-state index contributed by atoms with van der Waals surface area (Å²) >= 11 is 0. The predicted octanol–water partition coefficient (Wildman–Crippen LogP) is 1.81. The summed E-state index contributed by atoms with van der Waals surface area (Å²) in [5.41, 5.74) is 1.04. The summed E-state index contributed by atoms with van der Waals surface area (Å²) in [5, 5.41) is 9.41. The largest absolute Gasteiger partial charge is 0.484 e. The minimum absolute atomic E-state index is 0.0563. The second kappa shape index (κ2) is 9.15. The Bertz CT molecular complexity index is 568. The molecule has 0 atom stereocenters. The van der Waals surface area contributed by atoms with E-state index in [1.165, 1.54) is 0 Å². The van der Waals surface area contributed by atoms with E-state index in [-0.39, 0.29) is 12.5 Å². The van der Waals surface area contributed by atoms with Crippen LogP contribution in [0.15, 0.2) is 29.3 Å². The first-order chi connectivity index (χ1) is 11.6. The van der Waals surface area contributed by atoms with Crippen LogP contribution in [-0.4, -0.2) is 37.1 Å². The Morgan fingerprint density at radius 2 is 2.17 bits per heavy atom. The minimum atomic E-state index is -0.0588. The molecule has 0 bridgehead atoms. The van der Waals surface area contributed by atoms with Crippen LogP contribution >= 0.6 is 0 Å². The van der Waals surface area contributed by atoms with Gasteiger partial charge in [-0.3, -0.25) is 4.79 Å². The van der Waals surface area contributed by atoms with Gasteiger partial charge in [0, 0.05) is 18.6 Å². The molecule has 132 valence electrons. The summed E-state index contributed by atoms with van der Waals surface area (Å²) in [5.74, 6) is 1.43. The highest BCUT2D eigenvalue weighted by Crippen LogP contribution is 2.18. The molecule has 0 unspecified atom stereocenters. The Morgan fingerprint density at radius 1 is 1.38 bits per heavy atom. The van der Waals surface area contributed by atoms with E-state index < -0.39 is 0 Å². The van der Waals surface area contributed by atoms with Gasteiger partial charge in [-0.15, -0.1) is 0 Å². The van der Waals surface area contributed by atoms with Gasteiger partial charge in [0.25, 0.3) is 5.91 Å². The SMILES string of the molecule is CCNC(=NCc1cccc(OCC(=O)NC2CC2)c1)NC(C)C. The molecule has 3 N–H and O–H groups in total. The fourth-order valence-electron chi connectivity index (χ4n) is 2.14. The van der Waals surface area contributed by atoms with E-state index in [0.717, 1.165) is 30.9 Å². The van der Waals surface area contributed by atoms with E-state index in [0.29, 0.717) is 24.4 Å². The molecule has 0 heterocycles. The van der Waals surface area contributed by atoms with E-state index >= 15 is 0 Å². The van der Waals surface area contributed by atoms with E-state index in [9.17, 15) is 4.79 Å².